The molecule has 0 spiro atoms. The molecule has 2 N–H and O–H groups in total. The SMILES string of the molecule is CC(Nc1ccc(S(C)(=O)=O)nc1)c1cc(F)ccc1O. The molecule has 21 heavy (non-hydrogen) atoms. The van der Waals surface area contributed by atoms with E-state index in [-0.39, 0.29) is 16.8 Å². The summed E-state index contributed by atoms with van der Waals surface area (Å²) >= 11 is 0. The summed E-state index contributed by atoms with van der Waals surface area (Å²) in [7, 11) is -3.34. The van der Waals surface area contributed by atoms with Crippen LogP contribution in [0.1, 0.15) is 18.5 Å². The number of phenols is 1. The van der Waals surface area contributed by atoms with Gasteiger partial charge in [0.2, 0.25) is 0 Å². The van der Waals surface area contributed by atoms with Gasteiger partial charge in [-0.15, -0.1) is 0 Å². The highest BCUT2D eigenvalue weighted by atomic mass is 32.2. The molecule has 0 bridgehead atoms. The van der Waals surface area contributed by atoms with E-state index < -0.39 is 15.7 Å². The average Bonchev–Trinajstić information content (AvgIpc) is 2.41. The van der Waals surface area contributed by atoms with Gasteiger partial charge in [-0.1, -0.05) is 0 Å². The lowest BCUT2D eigenvalue weighted by atomic mass is 10.1. The second-order valence-corrected chi connectivity index (χ2v) is 6.69. The van der Waals surface area contributed by atoms with Crippen LogP contribution in [0.15, 0.2) is 41.6 Å². The van der Waals surface area contributed by atoms with Crippen LogP contribution in [0.5, 0.6) is 5.75 Å². The molecule has 0 radical (unpaired) electrons. The Bertz CT molecular complexity index is 745. The van der Waals surface area contributed by atoms with Crippen molar-refractivity contribution in [2.75, 3.05) is 11.6 Å². The van der Waals surface area contributed by atoms with Crippen LogP contribution in [0.3, 0.4) is 0 Å². The molecule has 0 saturated heterocycles. The summed E-state index contributed by atoms with van der Waals surface area (Å²) < 4.78 is 35.8. The second kappa shape index (κ2) is 5.69. The van der Waals surface area contributed by atoms with Gasteiger partial charge in [-0.3, -0.25) is 0 Å². The summed E-state index contributed by atoms with van der Waals surface area (Å²) in [6.45, 7) is 1.75. The van der Waals surface area contributed by atoms with Gasteiger partial charge in [0.15, 0.2) is 14.9 Å². The van der Waals surface area contributed by atoms with Gasteiger partial charge >= 0.3 is 0 Å². The number of rotatable bonds is 4. The average molecular weight is 310 g/mol. The lowest BCUT2D eigenvalue weighted by Gasteiger charge is -2.16. The molecule has 0 saturated carbocycles. The zero-order valence-corrected chi connectivity index (χ0v) is 12.4. The first-order valence-corrected chi connectivity index (χ1v) is 8.07. The monoisotopic (exact) mass is 310 g/mol. The third kappa shape index (κ3) is 3.69. The number of hydrogen-bond acceptors (Lipinski definition) is 5. The van der Waals surface area contributed by atoms with Gasteiger partial charge in [0.25, 0.3) is 0 Å². The molecule has 1 aromatic carbocycles. The van der Waals surface area contributed by atoms with Gasteiger partial charge in [-0.2, -0.15) is 0 Å². The molecule has 2 aromatic rings. The first-order chi connectivity index (χ1) is 9.77. The van der Waals surface area contributed by atoms with Gasteiger partial charge in [0.1, 0.15) is 11.6 Å². The molecule has 0 aliphatic rings. The van der Waals surface area contributed by atoms with Gasteiger partial charge in [-0.05, 0) is 37.3 Å². The molecule has 0 aliphatic carbocycles. The number of aromatic hydroxyl groups is 1. The normalized spacial score (nSPS) is 12.9. The van der Waals surface area contributed by atoms with E-state index >= 15 is 0 Å². The van der Waals surface area contributed by atoms with Crippen molar-refractivity contribution in [1.82, 2.24) is 4.98 Å². The van der Waals surface area contributed by atoms with Crippen LogP contribution in [0, 0.1) is 5.82 Å². The van der Waals surface area contributed by atoms with Crippen LogP contribution in [-0.4, -0.2) is 24.8 Å². The largest absolute Gasteiger partial charge is 0.508 e. The Labute approximate surface area is 122 Å². The Morgan fingerprint density at radius 3 is 2.57 bits per heavy atom. The summed E-state index contributed by atoms with van der Waals surface area (Å²) in [5, 5.41) is 12.7. The van der Waals surface area contributed by atoms with Gasteiger partial charge in [0, 0.05) is 11.8 Å². The van der Waals surface area contributed by atoms with Crippen molar-refractivity contribution in [1.29, 1.82) is 0 Å². The molecule has 2 rings (SSSR count). The number of benzene rings is 1. The van der Waals surface area contributed by atoms with E-state index in [1.54, 1.807) is 13.0 Å². The van der Waals surface area contributed by atoms with Crippen molar-refractivity contribution in [2.45, 2.75) is 18.0 Å². The van der Waals surface area contributed by atoms with Crippen LogP contribution >= 0.6 is 0 Å². The second-order valence-electron chi connectivity index (χ2n) is 4.73. The molecule has 112 valence electrons. The van der Waals surface area contributed by atoms with Crippen LogP contribution in [0.25, 0.3) is 0 Å². The Balaban J connectivity index is 2.20. The molecule has 1 aromatic heterocycles. The molecule has 5 nitrogen and oxygen atoms in total. The summed E-state index contributed by atoms with van der Waals surface area (Å²) in [5.41, 5.74) is 0.973. The van der Waals surface area contributed by atoms with E-state index in [1.165, 1.54) is 30.5 Å². The van der Waals surface area contributed by atoms with Crippen molar-refractivity contribution in [2.24, 2.45) is 0 Å². The maximum Gasteiger partial charge on any atom is 0.192 e. The zero-order valence-electron chi connectivity index (χ0n) is 11.5. The number of hydrogen-bond donors (Lipinski definition) is 2. The van der Waals surface area contributed by atoms with E-state index in [0.29, 0.717) is 11.3 Å². The topological polar surface area (TPSA) is 79.3 Å². The number of nitrogens with one attached hydrogen (secondary N) is 1. The van der Waals surface area contributed by atoms with Crippen LogP contribution < -0.4 is 5.32 Å². The van der Waals surface area contributed by atoms with Crippen molar-refractivity contribution in [3.63, 3.8) is 0 Å². The third-order valence-corrected chi connectivity index (χ3v) is 3.96. The fourth-order valence-electron chi connectivity index (χ4n) is 1.88. The van der Waals surface area contributed by atoms with Gasteiger partial charge in [-0.25, -0.2) is 17.8 Å². The molecule has 0 amide bonds. The Morgan fingerprint density at radius 1 is 1.29 bits per heavy atom. The minimum Gasteiger partial charge on any atom is -0.508 e. The predicted molar refractivity (Wildman–Crippen MR) is 77.4 cm³/mol. The zero-order chi connectivity index (χ0) is 15.6. The number of nitrogens with zero attached hydrogens (tertiary/aromatic N) is 1. The van der Waals surface area contributed by atoms with Gasteiger partial charge < -0.3 is 10.4 Å². The number of sulfone groups is 1. The highest BCUT2D eigenvalue weighted by Gasteiger charge is 2.13. The van der Waals surface area contributed by atoms with E-state index in [9.17, 15) is 17.9 Å². The summed E-state index contributed by atoms with van der Waals surface area (Å²) in [4.78, 5) is 3.85. The predicted octanol–water partition coefficient (Wildman–Crippen LogP) is 2.50. The standard InChI is InChI=1S/C14H15FN2O3S/c1-9(12-7-10(15)3-5-13(12)18)17-11-4-6-14(16-8-11)21(2,19)20/h3-9,17-18H,1-2H3. The molecular formula is C14H15FN2O3S. The molecular weight excluding hydrogens is 295 g/mol. The molecule has 0 aliphatic heterocycles. The van der Waals surface area contributed by atoms with Crippen LogP contribution in [-0.2, 0) is 9.84 Å². The molecule has 1 heterocycles. The fourth-order valence-corrected chi connectivity index (χ4v) is 2.44. The van der Waals surface area contributed by atoms with Crippen LogP contribution in [0.2, 0.25) is 0 Å². The highest BCUT2D eigenvalue weighted by Crippen LogP contribution is 2.27. The highest BCUT2D eigenvalue weighted by molar-refractivity contribution is 7.90. The van der Waals surface area contributed by atoms with Crippen molar-refractivity contribution < 1.29 is 17.9 Å². The number of halogens is 1. The lowest BCUT2D eigenvalue weighted by molar-refractivity contribution is 0.462. The Hall–Kier alpha value is -2.15. The third-order valence-electron chi connectivity index (χ3n) is 2.96. The summed E-state index contributed by atoms with van der Waals surface area (Å²) in [5.74, 6) is -0.459. The minimum absolute atomic E-state index is 0.0166. The minimum atomic E-state index is -3.34. The Morgan fingerprint density at radius 2 is 2.00 bits per heavy atom. The lowest BCUT2D eigenvalue weighted by Crippen LogP contribution is -2.08. The molecule has 7 heteroatoms. The van der Waals surface area contributed by atoms with E-state index in [4.69, 9.17) is 0 Å². The maximum absolute atomic E-state index is 13.2. The maximum atomic E-state index is 13.2. The van der Waals surface area contributed by atoms with Crippen molar-refractivity contribution in [3.05, 3.63) is 47.9 Å². The van der Waals surface area contributed by atoms with Gasteiger partial charge in [0.05, 0.1) is 17.9 Å². The number of aromatic nitrogens is 1. The van der Waals surface area contributed by atoms with E-state index in [2.05, 4.69) is 10.3 Å². The summed E-state index contributed by atoms with van der Waals surface area (Å²) in [6, 6.07) is 6.28. The smallest absolute Gasteiger partial charge is 0.192 e. The number of pyridine rings is 1. The first-order valence-electron chi connectivity index (χ1n) is 6.18. The molecule has 1 unspecified atom stereocenters. The molecule has 1 atom stereocenters. The Kier molecular flexibility index (Phi) is 4.13. The number of anilines is 1. The van der Waals surface area contributed by atoms with Crippen molar-refractivity contribution in [3.8, 4) is 5.75 Å². The van der Waals surface area contributed by atoms with E-state index in [0.717, 1.165) is 6.26 Å². The summed E-state index contributed by atoms with van der Waals surface area (Å²) in [6.07, 6.45) is 2.46. The number of phenolic OH excluding ortho intramolecular Hbond substituents is 1. The molecule has 0 fully saturated rings. The van der Waals surface area contributed by atoms with Crippen LogP contribution in [0.4, 0.5) is 10.1 Å². The van der Waals surface area contributed by atoms with Crippen molar-refractivity contribution >= 4 is 15.5 Å². The fraction of sp³-hybridized carbons (Fsp3) is 0.214. The van der Waals surface area contributed by atoms with E-state index in [1.807, 2.05) is 0 Å². The quantitative estimate of drug-likeness (QED) is 0.907. The first kappa shape index (κ1) is 15.2.